The number of halogens is 1. The van der Waals surface area contributed by atoms with Gasteiger partial charge in [-0.1, -0.05) is 65.7 Å². The molecule has 0 aliphatic carbocycles. The molecule has 22 heavy (non-hydrogen) atoms. The van der Waals surface area contributed by atoms with Crippen molar-refractivity contribution in [2.24, 2.45) is 0 Å². The van der Waals surface area contributed by atoms with E-state index in [1.807, 2.05) is 18.2 Å². The molecule has 1 aromatic rings. The van der Waals surface area contributed by atoms with Crippen molar-refractivity contribution in [3.63, 3.8) is 0 Å². The smallest absolute Gasteiger partial charge is 0.316 e. The number of carbonyl (C=O) groups is 1. The van der Waals surface area contributed by atoms with E-state index in [1.165, 1.54) is 0 Å². The quantitative estimate of drug-likeness (QED) is 0.324. The second kappa shape index (κ2) is 11.4. The molecule has 0 aliphatic heterocycles. The predicted octanol–water partition coefficient (Wildman–Crippen LogP) is 4.64. The Morgan fingerprint density at radius 1 is 1.32 bits per heavy atom. The van der Waals surface area contributed by atoms with Gasteiger partial charge in [0, 0.05) is 12.8 Å². The van der Waals surface area contributed by atoms with Crippen LogP contribution < -0.4 is 0 Å². The fourth-order valence-electron chi connectivity index (χ4n) is 2.27. The van der Waals surface area contributed by atoms with E-state index in [2.05, 4.69) is 41.6 Å². The Kier molecular flexibility index (Phi) is 9.84. The van der Waals surface area contributed by atoms with E-state index in [1.54, 1.807) is 6.08 Å². The normalized spacial score (nSPS) is 13.4. The fraction of sp³-hybridized carbons (Fsp3) is 0.500. The van der Waals surface area contributed by atoms with Gasteiger partial charge in [-0.05, 0) is 12.0 Å². The van der Waals surface area contributed by atoms with Crippen molar-refractivity contribution in [2.75, 3.05) is 5.33 Å². The van der Waals surface area contributed by atoms with Crippen molar-refractivity contribution < 1.29 is 14.3 Å². The first kappa shape index (κ1) is 18.9. The molecular formula is C18H25BrO3. The molecule has 0 N–H and O–H groups in total. The summed E-state index contributed by atoms with van der Waals surface area (Å²) in [6.45, 7) is 6.45. The van der Waals surface area contributed by atoms with Gasteiger partial charge in [0.05, 0.1) is 12.7 Å². The molecule has 1 rings (SSSR count). The number of rotatable bonds is 11. The van der Waals surface area contributed by atoms with Gasteiger partial charge >= 0.3 is 5.97 Å². The van der Waals surface area contributed by atoms with Gasteiger partial charge in [0.15, 0.2) is 0 Å². The standard InChI is InChI=1S/C18H25BrO3/c1-3-8-16(21-14-15-10-6-5-7-11-15)12-17(9-4-2)22-18(20)13-19/h4-7,10-11,16-17H,2-3,8-9,12-14H2,1H3/t16-,17-/m1/s1. The van der Waals surface area contributed by atoms with Crippen molar-refractivity contribution in [3.05, 3.63) is 48.6 Å². The maximum atomic E-state index is 11.5. The summed E-state index contributed by atoms with van der Waals surface area (Å²) < 4.78 is 11.5. The first-order valence-corrected chi connectivity index (χ1v) is 8.83. The minimum Gasteiger partial charge on any atom is -0.461 e. The van der Waals surface area contributed by atoms with Crippen LogP contribution >= 0.6 is 15.9 Å². The molecule has 0 saturated heterocycles. The van der Waals surface area contributed by atoms with Crippen molar-refractivity contribution in [2.45, 2.75) is 51.4 Å². The highest BCUT2D eigenvalue weighted by Crippen LogP contribution is 2.17. The van der Waals surface area contributed by atoms with Crippen LogP contribution in [0.5, 0.6) is 0 Å². The lowest BCUT2D eigenvalue weighted by atomic mass is 10.0. The molecule has 0 heterocycles. The first-order valence-electron chi connectivity index (χ1n) is 7.71. The van der Waals surface area contributed by atoms with Gasteiger partial charge in [-0.25, -0.2) is 0 Å². The third-order valence-electron chi connectivity index (χ3n) is 3.30. The van der Waals surface area contributed by atoms with E-state index in [0.717, 1.165) is 18.4 Å². The molecule has 0 aromatic heterocycles. The van der Waals surface area contributed by atoms with Gasteiger partial charge in [-0.2, -0.15) is 0 Å². The van der Waals surface area contributed by atoms with Gasteiger partial charge in [0.1, 0.15) is 11.4 Å². The molecule has 0 spiro atoms. The van der Waals surface area contributed by atoms with Gasteiger partial charge in [0.25, 0.3) is 0 Å². The second-order valence-corrected chi connectivity index (χ2v) is 5.77. The number of ether oxygens (including phenoxy) is 2. The van der Waals surface area contributed by atoms with E-state index in [0.29, 0.717) is 19.4 Å². The maximum absolute atomic E-state index is 11.5. The second-order valence-electron chi connectivity index (χ2n) is 5.21. The van der Waals surface area contributed by atoms with Crippen LogP contribution in [0.1, 0.15) is 38.2 Å². The van der Waals surface area contributed by atoms with Gasteiger partial charge < -0.3 is 9.47 Å². The Morgan fingerprint density at radius 2 is 2.05 bits per heavy atom. The molecule has 0 saturated carbocycles. The predicted molar refractivity (Wildman–Crippen MR) is 93.0 cm³/mol. The molecule has 1 aromatic carbocycles. The van der Waals surface area contributed by atoms with E-state index in [-0.39, 0.29) is 23.5 Å². The minimum absolute atomic E-state index is 0.0817. The minimum atomic E-state index is -0.245. The molecule has 122 valence electrons. The van der Waals surface area contributed by atoms with Crippen LogP contribution in [0, 0.1) is 0 Å². The molecule has 0 unspecified atom stereocenters. The zero-order valence-corrected chi connectivity index (χ0v) is 14.8. The number of benzene rings is 1. The Labute approximate surface area is 141 Å². The Morgan fingerprint density at radius 3 is 2.64 bits per heavy atom. The summed E-state index contributed by atoms with van der Waals surface area (Å²) in [4.78, 5) is 11.5. The van der Waals surface area contributed by atoms with Crippen LogP contribution in [-0.4, -0.2) is 23.5 Å². The molecule has 0 fully saturated rings. The van der Waals surface area contributed by atoms with Crippen molar-refractivity contribution >= 4 is 21.9 Å². The van der Waals surface area contributed by atoms with Crippen LogP contribution in [0.15, 0.2) is 43.0 Å². The highest BCUT2D eigenvalue weighted by Gasteiger charge is 2.19. The van der Waals surface area contributed by atoms with Gasteiger partial charge in [-0.15, -0.1) is 6.58 Å². The number of carbonyl (C=O) groups excluding carboxylic acids is 1. The molecule has 0 bridgehead atoms. The zero-order valence-electron chi connectivity index (χ0n) is 13.2. The van der Waals surface area contributed by atoms with Crippen molar-refractivity contribution in [1.82, 2.24) is 0 Å². The number of alkyl halides is 1. The summed E-state index contributed by atoms with van der Waals surface area (Å²) in [5.41, 5.74) is 1.15. The summed E-state index contributed by atoms with van der Waals surface area (Å²) >= 11 is 3.12. The molecule has 0 aliphatic rings. The topological polar surface area (TPSA) is 35.5 Å². The Balaban J connectivity index is 2.55. The summed E-state index contributed by atoms with van der Waals surface area (Å²) in [7, 11) is 0. The van der Waals surface area contributed by atoms with E-state index in [4.69, 9.17) is 9.47 Å². The van der Waals surface area contributed by atoms with E-state index >= 15 is 0 Å². The monoisotopic (exact) mass is 368 g/mol. The molecule has 0 amide bonds. The Hall–Kier alpha value is -1.13. The van der Waals surface area contributed by atoms with Crippen LogP contribution in [0.25, 0.3) is 0 Å². The molecule has 0 radical (unpaired) electrons. The van der Waals surface area contributed by atoms with Crippen LogP contribution in [0.3, 0.4) is 0 Å². The number of hydrogen-bond donors (Lipinski definition) is 0. The highest BCUT2D eigenvalue weighted by molar-refractivity contribution is 9.09. The van der Waals surface area contributed by atoms with Gasteiger partial charge in [0.2, 0.25) is 0 Å². The SMILES string of the molecule is C=CC[C@H](C[C@@H](CCC)OCc1ccccc1)OC(=O)CBr. The van der Waals surface area contributed by atoms with Crippen LogP contribution in [0.2, 0.25) is 0 Å². The van der Waals surface area contributed by atoms with Crippen molar-refractivity contribution in [1.29, 1.82) is 0 Å². The lowest BCUT2D eigenvalue weighted by Gasteiger charge is -2.23. The third kappa shape index (κ3) is 7.76. The molecule has 2 atom stereocenters. The number of hydrogen-bond acceptors (Lipinski definition) is 3. The summed E-state index contributed by atoms with van der Waals surface area (Å²) in [6, 6.07) is 10.1. The van der Waals surface area contributed by atoms with Gasteiger partial charge in [-0.3, -0.25) is 4.79 Å². The van der Waals surface area contributed by atoms with E-state index in [9.17, 15) is 4.79 Å². The lowest BCUT2D eigenvalue weighted by Crippen LogP contribution is -2.26. The lowest BCUT2D eigenvalue weighted by molar-refractivity contribution is -0.147. The van der Waals surface area contributed by atoms with Crippen LogP contribution in [-0.2, 0) is 20.9 Å². The average Bonchev–Trinajstić information content (AvgIpc) is 2.54. The summed E-state index contributed by atoms with van der Waals surface area (Å²) in [5.74, 6) is -0.245. The summed E-state index contributed by atoms with van der Waals surface area (Å²) in [6.07, 6.45) is 5.03. The third-order valence-corrected chi connectivity index (χ3v) is 3.76. The van der Waals surface area contributed by atoms with Crippen LogP contribution in [0.4, 0.5) is 0 Å². The summed E-state index contributed by atoms with van der Waals surface area (Å²) in [5, 5.41) is 0.212. The first-order chi connectivity index (χ1) is 10.7. The maximum Gasteiger partial charge on any atom is 0.316 e. The largest absolute Gasteiger partial charge is 0.461 e. The Bertz CT molecular complexity index is 433. The van der Waals surface area contributed by atoms with Crippen molar-refractivity contribution in [3.8, 4) is 0 Å². The zero-order chi connectivity index (χ0) is 16.2. The molecule has 4 heteroatoms. The average molecular weight is 369 g/mol. The van der Waals surface area contributed by atoms with E-state index < -0.39 is 0 Å². The fourth-order valence-corrected chi connectivity index (χ4v) is 2.40. The highest BCUT2D eigenvalue weighted by atomic mass is 79.9. The number of esters is 1. The molecular weight excluding hydrogens is 344 g/mol. The molecule has 3 nitrogen and oxygen atoms in total.